The molecule has 2 aromatic rings. The number of hydrogen-bond acceptors (Lipinski definition) is 4. The largest absolute Gasteiger partial charge is 0.462 e. The molecule has 1 aromatic carbocycles. The van der Waals surface area contributed by atoms with Crippen molar-refractivity contribution in [1.29, 1.82) is 0 Å². The van der Waals surface area contributed by atoms with Crippen LogP contribution in [0.4, 0.5) is 0 Å². The van der Waals surface area contributed by atoms with Crippen LogP contribution in [-0.2, 0) is 10.6 Å². The summed E-state index contributed by atoms with van der Waals surface area (Å²) in [6, 6.07) is 4.97. The second-order valence-electron chi connectivity index (χ2n) is 3.14. The maximum absolute atomic E-state index is 11.5. The maximum atomic E-state index is 11.5. The fourth-order valence-electron chi connectivity index (χ4n) is 1.37. The third-order valence-corrected chi connectivity index (χ3v) is 2.29. The Morgan fingerprint density at radius 1 is 1.56 bits per heavy atom. The van der Waals surface area contributed by atoms with E-state index in [2.05, 4.69) is 4.98 Å². The standard InChI is InChI=1S/C11H10ClNO3/c1-2-15-11(14)7-3-4-8-9(5-7)16-10(6-12)13-8/h3-5H,2,6H2,1H3. The van der Waals surface area contributed by atoms with Gasteiger partial charge < -0.3 is 9.15 Å². The molecule has 0 spiro atoms. The minimum absolute atomic E-state index is 0.212. The van der Waals surface area contributed by atoms with Gasteiger partial charge in [0.25, 0.3) is 0 Å². The molecule has 0 amide bonds. The third kappa shape index (κ3) is 2.02. The Kier molecular flexibility index (Phi) is 3.10. The molecule has 0 aliphatic rings. The molecule has 16 heavy (non-hydrogen) atoms. The molecule has 2 rings (SSSR count). The van der Waals surface area contributed by atoms with Gasteiger partial charge in [-0.3, -0.25) is 0 Å². The molecule has 1 aromatic heterocycles. The number of alkyl halides is 1. The van der Waals surface area contributed by atoms with E-state index >= 15 is 0 Å². The quantitative estimate of drug-likeness (QED) is 0.611. The van der Waals surface area contributed by atoms with Crippen molar-refractivity contribution < 1.29 is 13.9 Å². The lowest BCUT2D eigenvalue weighted by Crippen LogP contribution is -2.03. The highest BCUT2D eigenvalue weighted by molar-refractivity contribution is 6.16. The zero-order valence-corrected chi connectivity index (χ0v) is 9.45. The molecule has 4 nitrogen and oxygen atoms in total. The Hall–Kier alpha value is -1.55. The highest BCUT2D eigenvalue weighted by Crippen LogP contribution is 2.18. The van der Waals surface area contributed by atoms with E-state index in [0.717, 1.165) is 0 Å². The lowest BCUT2D eigenvalue weighted by atomic mass is 10.2. The van der Waals surface area contributed by atoms with Crippen molar-refractivity contribution in [1.82, 2.24) is 4.98 Å². The molecular weight excluding hydrogens is 230 g/mol. The normalized spacial score (nSPS) is 10.6. The molecule has 5 heteroatoms. The van der Waals surface area contributed by atoms with Crippen LogP contribution in [0.5, 0.6) is 0 Å². The predicted molar refractivity (Wildman–Crippen MR) is 59.5 cm³/mol. The topological polar surface area (TPSA) is 52.3 Å². The van der Waals surface area contributed by atoms with Crippen LogP contribution >= 0.6 is 11.6 Å². The van der Waals surface area contributed by atoms with E-state index in [-0.39, 0.29) is 11.8 Å². The van der Waals surface area contributed by atoms with E-state index in [1.165, 1.54) is 0 Å². The highest BCUT2D eigenvalue weighted by atomic mass is 35.5. The summed E-state index contributed by atoms with van der Waals surface area (Å²) in [6.45, 7) is 2.11. The Morgan fingerprint density at radius 3 is 3.06 bits per heavy atom. The first-order valence-electron chi connectivity index (χ1n) is 4.87. The summed E-state index contributed by atoms with van der Waals surface area (Å²) in [5, 5.41) is 0. The number of carbonyl (C=O) groups excluding carboxylic acids is 1. The van der Waals surface area contributed by atoms with E-state index < -0.39 is 0 Å². The van der Waals surface area contributed by atoms with Gasteiger partial charge in [-0.15, -0.1) is 11.6 Å². The number of rotatable bonds is 3. The van der Waals surface area contributed by atoms with Gasteiger partial charge in [0, 0.05) is 0 Å². The molecule has 0 saturated heterocycles. The van der Waals surface area contributed by atoms with E-state index in [4.69, 9.17) is 20.8 Å². The van der Waals surface area contributed by atoms with Crippen LogP contribution in [0.15, 0.2) is 22.6 Å². The van der Waals surface area contributed by atoms with Crippen LogP contribution in [0.2, 0.25) is 0 Å². The van der Waals surface area contributed by atoms with Crippen molar-refractivity contribution in [3.8, 4) is 0 Å². The summed E-state index contributed by atoms with van der Waals surface area (Å²) in [6.07, 6.45) is 0. The fourth-order valence-corrected chi connectivity index (χ4v) is 1.49. The van der Waals surface area contributed by atoms with Gasteiger partial charge in [-0.25, -0.2) is 9.78 Å². The number of esters is 1. The fraction of sp³-hybridized carbons (Fsp3) is 0.273. The smallest absolute Gasteiger partial charge is 0.338 e. The van der Waals surface area contributed by atoms with Gasteiger partial charge in [0.2, 0.25) is 5.89 Å². The van der Waals surface area contributed by atoms with Crippen molar-refractivity contribution in [2.45, 2.75) is 12.8 Å². The van der Waals surface area contributed by atoms with E-state index in [1.54, 1.807) is 25.1 Å². The molecule has 0 atom stereocenters. The SMILES string of the molecule is CCOC(=O)c1ccc2nc(CCl)oc2c1. The molecule has 0 fully saturated rings. The number of hydrogen-bond donors (Lipinski definition) is 0. The molecule has 0 bridgehead atoms. The van der Waals surface area contributed by atoms with Gasteiger partial charge >= 0.3 is 5.97 Å². The van der Waals surface area contributed by atoms with Crippen LogP contribution in [0, 0.1) is 0 Å². The molecule has 84 valence electrons. The Morgan fingerprint density at radius 2 is 2.38 bits per heavy atom. The zero-order chi connectivity index (χ0) is 11.5. The van der Waals surface area contributed by atoms with Gasteiger partial charge in [-0.1, -0.05) is 0 Å². The number of aromatic nitrogens is 1. The molecule has 0 radical (unpaired) electrons. The second-order valence-corrected chi connectivity index (χ2v) is 3.41. The molecule has 1 heterocycles. The van der Waals surface area contributed by atoms with Crippen molar-refractivity contribution in [3.05, 3.63) is 29.7 Å². The zero-order valence-electron chi connectivity index (χ0n) is 8.70. The van der Waals surface area contributed by atoms with E-state index in [0.29, 0.717) is 29.2 Å². The average Bonchev–Trinajstić information content (AvgIpc) is 2.70. The number of halogens is 1. The van der Waals surface area contributed by atoms with Crippen LogP contribution in [0.1, 0.15) is 23.2 Å². The lowest BCUT2D eigenvalue weighted by Gasteiger charge is -2.00. The van der Waals surface area contributed by atoms with Gasteiger partial charge in [-0.05, 0) is 25.1 Å². The predicted octanol–water partition coefficient (Wildman–Crippen LogP) is 2.74. The minimum Gasteiger partial charge on any atom is -0.462 e. The van der Waals surface area contributed by atoms with Gasteiger partial charge in [0.15, 0.2) is 5.58 Å². The maximum Gasteiger partial charge on any atom is 0.338 e. The Balaban J connectivity index is 2.39. The first-order chi connectivity index (χ1) is 7.74. The second kappa shape index (κ2) is 4.53. The van der Waals surface area contributed by atoms with Crippen LogP contribution in [-0.4, -0.2) is 17.6 Å². The summed E-state index contributed by atoms with van der Waals surface area (Å²) in [5.74, 6) is 0.287. The summed E-state index contributed by atoms with van der Waals surface area (Å²) >= 11 is 5.60. The van der Waals surface area contributed by atoms with Gasteiger partial charge in [-0.2, -0.15) is 0 Å². The number of oxazole rings is 1. The number of ether oxygens (including phenoxy) is 1. The average molecular weight is 240 g/mol. The lowest BCUT2D eigenvalue weighted by molar-refractivity contribution is 0.0526. The van der Waals surface area contributed by atoms with E-state index in [1.807, 2.05) is 0 Å². The molecule has 0 aliphatic heterocycles. The van der Waals surface area contributed by atoms with Crippen molar-refractivity contribution in [2.75, 3.05) is 6.61 Å². The Labute approximate surface area is 97.2 Å². The van der Waals surface area contributed by atoms with Gasteiger partial charge in [0.05, 0.1) is 18.1 Å². The molecular formula is C11H10ClNO3. The first-order valence-corrected chi connectivity index (χ1v) is 5.40. The number of nitrogens with zero attached hydrogens (tertiary/aromatic N) is 1. The molecule has 0 saturated carbocycles. The van der Waals surface area contributed by atoms with Crippen LogP contribution in [0.3, 0.4) is 0 Å². The van der Waals surface area contributed by atoms with Gasteiger partial charge in [0.1, 0.15) is 5.52 Å². The third-order valence-electron chi connectivity index (χ3n) is 2.06. The van der Waals surface area contributed by atoms with Crippen LogP contribution < -0.4 is 0 Å². The van der Waals surface area contributed by atoms with Crippen molar-refractivity contribution in [2.24, 2.45) is 0 Å². The first kappa shape index (κ1) is 11.0. The molecule has 0 aliphatic carbocycles. The number of benzene rings is 1. The number of carbonyl (C=O) groups is 1. The van der Waals surface area contributed by atoms with Crippen molar-refractivity contribution >= 4 is 28.7 Å². The Bertz CT molecular complexity index is 521. The summed E-state index contributed by atoms with van der Waals surface area (Å²) in [4.78, 5) is 15.6. The monoisotopic (exact) mass is 239 g/mol. The summed E-state index contributed by atoms with van der Waals surface area (Å²) in [5.41, 5.74) is 1.68. The van der Waals surface area contributed by atoms with E-state index in [9.17, 15) is 4.79 Å². The molecule has 0 N–H and O–H groups in total. The minimum atomic E-state index is -0.367. The summed E-state index contributed by atoms with van der Waals surface area (Å²) < 4.78 is 10.2. The summed E-state index contributed by atoms with van der Waals surface area (Å²) in [7, 11) is 0. The van der Waals surface area contributed by atoms with Crippen LogP contribution in [0.25, 0.3) is 11.1 Å². The molecule has 0 unspecified atom stereocenters. The highest BCUT2D eigenvalue weighted by Gasteiger charge is 2.10. The number of fused-ring (bicyclic) bond motifs is 1. The van der Waals surface area contributed by atoms with Crippen molar-refractivity contribution in [3.63, 3.8) is 0 Å².